The van der Waals surface area contributed by atoms with Crippen LogP contribution in [-0.2, 0) is 0 Å². The van der Waals surface area contributed by atoms with Crippen LogP contribution in [0.4, 0.5) is 8.78 Å². The van der Waals surface area contributed by atoms with Gasteiger partial charge >= 0.3 is 0 Å². The smallest absolute Gasteiger partial charge is 0.254 e. The molecule has 0 aromatic heterocycles. The molecular formula is C11H19F2N. The SMILES string of the molecule is CC1(CC(N)C2CCCC2)CC1(F)F. The molecule has 0 aromatic rings. The Morgan fingerprint density at radius 2 is 1.86 bits per heavy atom. The summed E-state index contributed by atoms with van der Waals surface area (Å²) in [7, 11) is 0. The van der Waals surface area contributed by atoms with E-state index in [2.05, 4.69) is 0 Å². The van der Waals surface area contributed by atoms with E-state index < -0.39 is 11.3 Å². The van der Waals surface area contributed by atoms with Crippen molar-refractivity contribution in [1.29, 1.82) is 0 Å². The predicted molar refractivity (Wildman–Crippen MR) is 52.2 cm³/mol. The van der Waals surface area contributed by atoms with Crippen LogP contribution < -0.4 is 5.73 Å². The number of halogens is 2. The summed E-state index contributed by atoms with van der Waals surface area (Å²) >= 11 is 0. The van der Waals surface area contributed by atoms with Crippen molar-refractivity contribution in [3.8, 4) is 0 Å². The number of nitrogens with two attached hydrogens (primary N) is 1. The molecule has 82 valence electrons. The van der Waals surface area contributed by atoms with Crippen LogP contribution in [0, 0.1) is 11.3 Å². The molecule has 2 rings (SSSR count). The second-order valence-corrected chi connectivity index (χ2v) is 5.35. The Kier molecular flexibility index (Phi) is 2.33. The van der Waals surface area contributed by atoms with E-state index in [1.54, 1.807) is 6.92 Å². The van der Waals surface area contributed by atoms with Crippen LogP contribution in [-0.4, -0.2) is 12.0 Å². The summed E-state index contributed by atoms with van der Waals surface area (Å²) in [6.45, 7) is 1.67. The van der Waals surface area contributed by atoms with E-state index in [9.17, 15) is 8.78 Å². The van der Waals surface area contributed by atoms with Crippen LogP contribution in [0.15, 0.2) is 0 Å². The van der Waals surface area contributed by atoms with Gasteiger partial charge in [-0.15, -0.1) is 0 Å². The fourth-order valence-corrected chi connectivity index (χ4v) is 2.74. The van der Waals surface area contributed by atoms with Crippen LogP contribution in [0.1, 0.15) is 45.4 Å². The van der Waals surface area contributed by atoms with Gasteiger partial charge in [0.2, 0.25) is 0 Å². The molecule has 0 radical (unpaired) electrons. The summed E-state index contributed by atoms with van der Waals surface area (Å²) in [5.41, 5.74) is 5.21. The Hall–Kier alpha value is -0.180. The number of rotatable bonds is 3. The quantitative estimate of drug-likeness (QED) is 0.749. The van der Waals surface area contributed by atoms with Gasteiger partial charge in [-0.05, 0) is 25.2 Å². The van der Waals surface area contributed by atoms with Gasteiger partial charge in [-0.2, -0.15) is 0 Å². The second-order valence-electron chi connectivity index (χ2n) is 5.35. The van der Waals surface area contributed by atoms with E-state index in [0.717, 1.165) is 12.8 Å². The third-order valence-corrected chi connectivity index (χ3v) is 4.06. The highest BCUT2D eigenvalue weighted by atomic mass is 19.3. The molecule has 3 heteroatoms. The molecule has 2 saturated carbocycles. The molecule has 2 unspecified atom stereocenters. The minimum Gasteiger partial charge on any atom is -0.327 e. The van der Waals surface area contributed by atoms with Gasteiger partial charge in [0.1, 0.15) is 0 Å². The highest BCUT2D eigenvalue weighted by molar-refractivity contribution is 5.08. The lowest BCUT2D eigenvalue weighted by atomic mass is 9.89. The average Bonchev–Trinajstić information content (AvgIpc) is 2.55. The van der Waals surface area contributed by atoms with Crippen molar-refractivity contribution in [3.05, 3.63) is 0 Å². The summed E-state index contributed by atoms with van der Waals surface area (Å²) in [5.74, 6) is -1.94. The van der Waals surface area contributed by atoms with Crippen molar-refractivity contribution in [2.45, 2.75) is 57.4 Å². The van der Waals surface area contributed by atoms with Crippen molar-refractivity contribution >= 4 is 0 Å². The summed E-state index contributed by atoms with van der Waals surface area (Å²) in [6, 6.07) is -0.00382. The number of alkyl halides is 2. The molecule has 0 aliphatic heterocycles. The van der Waals surface area contributed by atoms with Crippen LogP contribution in [0.25, 0.3) is 0 Å². The van der Waals surface area contributed by atoms with Crippen molar-refractivity contribution in [2.24, 2.45) is 17.1 Å². The predicted octanol–water partition coefficient (Wildman–Crippen LogP) is 2.94. The van der Waals surface area contributed by atoms with Crippen molar-refractivity contribution in [3.63, 3.8) is 0 Å². The van der Waals surface area contributed by atoms with Gasteiger partial charge in [0.15, 0.2) is 0 Å². The molecule has 0 saturated heterocycles. The lowest BCUT2D eigenvalue weighted by molar-refractivity contribution is 0.0619. The highest BCUT2D eigenvalue weighted by Gasteiger charge is 2.67. The third kappa shape index (κ3) is 1.67. The lowest BCUT2D eigenvalue weighted by Gasteiger charge is -2.22. The molecule has 0 bridgehead atoms. The third-order valence-electron chi connectivity index (χ3n) is 4.06. The van der Waals surface area contributed by atoms with Crippen LogP contribution in [0.2, 0.25) is 0 Å². The Bertz CT molecular complexity index is 223. The van der Waals surface area contributed by atoms with Crippen LogP contribution in [0.5, 0.6) is 0 Å². The maximum absolute atomic E-state index is 13.0. The first kappa shape index (κ1) is 10.3. The largest absolute Gasteiger partial charge is 0.327 e. The molecule has 0 heterocycles. The van der Waals surface area contributed by atoms with Crippen molar-refractivity contribution in [1.82, 2.24) is 0 Å². The van der Waals surface area contributed by atoms with Gasteiger partial charge < -0.3 is 5.73 Å². The van der Waals surface area contributed by atoms with Gasteiger partial charge in [-0.3, -0.25) is 0 Å². The Morgan fingerprint density at radius 3 is 2.29 bits per heavy atom. The van der Waals surface area contributed by atoms with E-state index in [0.29, 0.717) is 12.3 Å². The molecule has 14 heavy (non-hydrogen) atoms. The molecular weight excluding hydrogens is 184 g/mol. The molecule has 2 aliphatic rings. The van der Waals surface area contributed by atoms with Gasteiger partial charge in [-0.1, -0.05) is 19.8 Å². The first-order chi connectivity index (χ1) is 6.45. The Balaban J connectivity index is 1.86. The second kappa shape index (κ2) is 3.16. The first-order valence-electron chi connectivity index (χ1n) is 5.58. The zero-order chi connectivity index (χ0) is 10.4. The molecule has 2 aliphatic carbocycles. The summed E-state index contributed by atoms with van der Waals surface area (Å²) in [4.78, 5) is 0. The van der Waals surface area contributed by atoms with E-state index in [4.69, 9.17) is 5.73 Å². The zero-order valence-corrected chi connectivity index (χ0v) is 8.73. The molecule has 0 amide bonds. The lowest BCUT2D eigenvalue weighted by Crippen LogP contribution is -2.32. The molecule has 1 nitrogen and oxygen atoms in total. The van der Waals surface area contributed by atoms with E-state index >= 15 is 0 Å². The fraction of sp³-hybridized carbons (Fsp3) is 1.00. The summed E-state index contributed by atoms with van der Waals surface area (Å²) in [5, 5.41) is 0. The minimum atomic E-state index is -2.44. The monoisotopic (exact) mass is 203 g/mol. The van der Waals surface area contributed by atoms with E-state index in [1.165, 1.54) is 12.8 Å². The molecule has 0 aromatic carbocycles. The topological polar surface area (TPSA) is 26.0 Å². The maximum Gasteiger partial charge on any atom is 0.254 e. The van der Waals surface area contributed by atoms with Gasteiger partial charge in [0.25, 0.3) is 5.92 Å². The molecule has 2 fully saturated rings. The van der Waals surface area contributed by atoms with Crippen LogP contribution >= 0.6 is 0 Å². The maximum atomic E-state index is 13.0. The Morgan fingerprint density at radius 1 is 1.36 bits per heavy atom. The van der Waals surface area contributed by atoms with Crippen molar-refractivity contribution in [2.75, 3.05) is 0 Å². The molecule has 2 N–H and O–H groups in total. The Labute approximate surface area is 84.0 Å². The van der Waals surface area contributed by atoms with E-state index in [-0.39, 0.29) is 12.5 Å². The minimum absolute atomic E-state index is 0.00382. The summed E-state index contributed by atoms with van der Waals surface area (Å²) < 4.78 is 25.9. The van der Waals surface area contributed by atoms with Gasteiger partial charge in [0, 0.05) is 17.9 Å². The number of hydrogen-bond acceptors (Lipinski definition) is 1. The normalized spacial score (nSPS) is 38.6. The average molecular weight is 203 g/mol. The van der Waals surface area contributed by atoms with Gasteiger partial charge in [0.05, 0.1) is 0 Å². The number of hydrogen-bond donors (Lipinski definition) is 1. The van der Waals surface area contributed by atoms with Crippen molar-refractivity contribution < 1.29 is 8.78 Å². The van der Waals surface area contributed by atoms with Crippen LogP contribution in [0.3, 0.4) is 0 Å². The highest BCUT2D eigenvalue weighted by Crippen LogP contribution is 2.63. The van der Waals surface area contributed by atoms with Gasteiger partial charge in [-0.25, -0.2) is 8.78 Å². The molecule has 0 spiro atoms. The van der Waals surface area contributed by atoms with E-state index in [1.807, 2.05) is 0 Å². The summed E-state index contributed by atoms with van der Waals surface area (Å²) in [6.07, 6.45) is 5.29. The fourth-order valence-electron chi connectivity index (χ4n) is 2.74. The molecule has 2 atom stereocenters. The first-order valence-corrected chi connectivity index (χ1v) is 5.58. The zero-order valence-electron chi connectivity index (χ0n) is 8.73. The standard InChI is InChI=1S/C11H19F2N/c1-10(7-11(10,12)13)6-9(14)8-4-2-3-5-8/h8-9H,2-7,14H2,1H3.